The Hall–Kier alpha value is -2.70. The maximum Gasteiger partial charge on any atom is 0.306 e. The first-order valence-corrected chi connectivity index (χ1v) is 7.93. The van der Waals surface area contributed by atoms with E-state index >= 15 is 0 Å². The van der Waals surface area contributed by atoms with Gasteiger partial charge in [-0.1, -0.05) is 18.2 Å². The molecule has 7 nitrogen and oxygen atoms in total. The molecule has 7 heteroatoms. The third-order valence-corrected chi connectivity index (χ3v) is 4.51. The Balaban J connectivity index is 1.76. The summed E-state index contributed by atoms with van der Waals surface area (Å²) in [6, 6.07) is 6.96. The predicted octanol–water partition coefficient (Wildman–Crippen LogP) is 0.845. The van der Waals surface area contributed by atoms with Crippen molar-refractivity contribution in [3.05, 3.63) is 40.3 Å². The number of nitrogens with one attached hydrogen (secondary N) is 1. The molecule has 2 N–H and O–H groups in total. The summed E-state index contributed by atoms with van der Waals surface area (Å²) in [6.45, 7) is 0. The summed E-state index contributed by atoms with van der Waals surface area (Å²) in [7, 11) is 1.56. The van der Waals surface area contributed by atoms with E-state index in [-0.39, 0.29) is 29.8 Å². The van der Waals surface area contributed by atoms with E-state index in [1.807, 2.05) is 0 Å². The summed E-state index contributed by atoms with van der Waals surface area (Å²) in [6.07, 6.45) is 1.77. The van der Waals surface area contributed by atoms with E-state index in [2.05, 4.69) is 10.4 Å². The number of benzene rings is 1. The number of carboxylic acids is 1. The smallest absolute Gasteiger partial charge is 0.306 e. The first kappa shape index (κ1) is 16.2. The van der Waals surface area contributed by atoms with Crippen LogP contribution in [0.1, 0.15) is 25.0 Å². The maximum absolute atomic E-state index is 12.3. The van der Waals surface area contributed by atoms with Crippen molar-refractivity contribution < 1.29 is 14.7 Å². The molecular weight excluding hydrogens is 310 g/mol. The van der Waals surface area contributed by atoms with Gasteiger partial charge in [0.05, 0.1) is 23.4 Å². The van der Waals surface area contributed by atoms with E-state index < -0.39 is 5.97 Å². The largest absolute Gasteiger partial charge is 0.481 e. The van der Waals surface area contributed by atoms with Crippen molar-refractivity contribution in [2.45, 2.75) is 31.7 Å². The van der Waals surface area contributed by atoms with Gasteiger partial charge in [-0.2, -0.15) is 5.10 Å². The molecule has 1 aliphatic rings. The Morgan fingerprint density at radius 3 is 2.67 bits per heavy atom. The average molecular weight is 329 g/mol. The molecule has 126 valence electrons. The number of amides is 1. The van der Waals surface area contributed by atoms with Crippen LogP contribution in [0.3, 0.4) is 0 Å². The predicted molar refractivity (Wildman–Crippen MR) is 87.6 cm³/mol. The van der Waals surface area contributed by atoms with Crippen LogP contribution in [0, 0.1) is 5.92 Å². The maximum atomic E-state index is 12.3. The van der Waals surface area contributed by atoms with Crippen LogP contribution in [0.4, 0.5) is 0 Å². The molecule has 0 spiro atoms. The lowest BCUT2D eigenvalue weighted by Crippen LogP contribution is -2.35. The number of carbonyl (C=O) groups excluding carboxylic acids is 1. The van der Waals surface area contributed by atoms with Gasteiger partial charge in [0.15, 0.2) is 0 Å². The zero-order valence-electron chi connectivity index (χ0n) is 13.4. The molecule has 1 aromatic heterocycles. The summed E-state index contributed by atoms with van der Waals surface area (Å²) in [5, 5.41) is 17.3. The highest BCUT2D eigenvalue weighted by Crippen LogP contribution is 2.25. The highest BCUT2D eigenvalue weighted by Gasteiger charge is 2.30. The number of aryl methyl sites for hydroxylation is 1. The lowest BCUT2D eigenvalue weighted by atomic mass is 10.1. The van der Waals surface area contributed by atoms with E-state index in [1.165, 1.54) is 4.68 Å². The van der Waals surface area contributed by atoms with Crippen molar-refractivity contribution in [3.63, 3.8) is 0 Å². The highest BCUT2D eigenvalue weighted by molar-refractivity contribution is 5.88. The van der Waals surface area contributed by atoms with Crippen LogP contribution >= 0.6 is 0 Å². The molecule has 0 aliphatic heterocycles. The molecule has 1 aliphatic carbocycles. The van der Waals surface area contributed by atoms with Crippen molar-refractivity contribution in [1.29, 1.82) is 0 Å². The molecular formula is C17H19N3O4. The number of aromatic nitrogens is 2. The third-order valence-electron chi connectivity index (χ3n) is 4.51. The summed E-state index contributed by atoms with van der Waals surface area (Å²) in [4.78, 5) is 35.4. The van der Waals surface area contributed by atoms with Crippen LogP contribution in [0.15, 0.2) is 29.1 Å². The SMILES string of the molecule is Cn1nc(CC(=O)N[C@@H]2CC[C@H](C(=O)O)C2)c2ccccc2c1=O. The van der Waals surface area contributed by atoms with Gasteiger partial charge < -0.3 is 10.4 Å². The monoisotopic (exact) mass is 329 g/mol. The highest BCUT2D eigenvalue weighted by atomic mass is 16.4. The van der Waals surface area contributed by atoms with Crippen molar-refractivity contribution in [3.8, 4) is 0 Å². The molecule has 0 bridgehead atoms. The summed E-state index contributed by atoms with van der Waals surface area (Å²) in [5.74, 6) is -1.40. The molecule has 1 amide bonds. The topological polar surface area (TPSA) is 101 Å². The van der Waals surface area contributed by atoms with Crippen molar-refractivity contribution in [1.82, 2.24) is 15.1 Å². The third kappa shape index (κ3) is 3.15. The van der Waals surface area contributed by atoms with Gasteiger partial charge in [0.1, 0.15) is 0 Å². The molecule has 0 saturated heterocycles. The number of carboxylic acid groups (broad SMARTS) is 1. The van der Waals surface area contributed by atoms with Crippen molar-refractivity contribution >= 4 is 22.6 Å². The number of hydrogen-bond acceptors (Lipinski definition) is 4. The lowest BCUT2D eigenvalue weighted by Gasteiger charge is -2.13. The van der Waals surface area contributed by atoms with Crippen LogP contribution in [0.5, 0.6) is 0 Å². The normalized spacial score (nSPS) is 20.2. The average Bonchev–Trinajstić information content (AvgIpc) is 3.01. The second-order valence-electron chi connectivity index (χ2n) is 6.21. The minimum Gasteiger partial charge on any atom is -0.481 e. The number of rotatable bonds is 4. The quantitative estimate of drug-likeness (QED) is 0.866. The van der Waals surface area contributed by atoms with E-state index in [9.17, 15) is 14.4 Å². The molecule has 0 unspecified atom stereocenters. The minimum absolute atomic E-state index is 0.0584. The standard InChI is InChI=1S/C17H19N3O4/c1-20-16(22)13-5-3-2-4-12(13)14(19-20)9-15(21)18-11-7-6-10(8-11)17(23)24/h2-5,10-11H,6-9H2,1H3,(H,18,21)(H,23,24)/t10-,11+/m0/s1. The molecule has 1 heterocycles. The Bertz CT molecular complexity index is 859. The summed E-state index contributed by atoms with van der Waals surface area (Å²) < 4.78 is 1.24. The Labute approximate surface area is 138 Å². The molecule has 2 atom stereocenters. The Morgan fingerprint density at radius 2 is 2.00 bits per heavy atom. The van der Waals surface area contributed by atoms with Crippen LogP contribution in [-0.4, -0.2) is 32.8 Å². The van der Waals surface area contributed by atoms with Gasteiger partial charge >= 0.3 is 5.97 Å². The number of nitrogens with zero attached hydrogens (tertiary/aromatic N) is 2. The molecule has 1 aromatic carbocycles. The number of fused-ring (bicyclic) bond motifs is 1. The van der Waals surface area contributed by atoms with Crippen LogP contribution in [0.2, 0.25) is 0 Å². The molecule has 1 fully saturated rings. The first-order valence-electron chi connectivity index (χ1n) is 7.93. The lowest BCUT2D eigenvalue weighted by molar-refractivity contribution is -0.141. The van der Waals surface area contributed by atoms with Crippen LogP contribution in [-0.2, 0) is 23.1 Å². The van der Waals surface area contributed by atoms with E-state index in [0.717, 1.165) is 0 Å². The molecule has 1 saturated carbocycles. The Morgan fingerprint density at radius 1 is 1.29 bits per heavy atom. The fourth-order valence-electron chi connectivity index (χ4n) is 3.27. The minimum atomic E-state index is -0.808. The first-order chi connectivity index (χ1) is 11.5. The van der Waals surface area contributed by atoms with Gasteiger partial charge in [0, 0.05) is 18.5 Å². The fourth-order valence-corrected chi connectivity index (χ4v) is 3.27. The zero-order chi connectivity index (χ0) is 17.3. The van der Waals surface area contributed by atoms with Crippen LogP contribution < -0.4 is 10.9 Å². The second-order valence-corrected chi connectivity index (χ2v) is 6.21. The van der Waals surface area contributed by atoms with Gasteiger partial charge in [-0.25, -0.2) is 4.68 Å². The van der Waals surface area contributed by atoms with Gasteiger partial charge in [-0.3, -0.25) is 14.4 Å². The molecule has 0 radical (unpaired) electrons. The molecule has 2 aromatic rings. The van der Waals surface area contributed by atoms with E-state index in [4.69, 9.17) is 5.11 Å². The number of hydrogen-bond donors (Lipinski definition) is 2. The van der Waals surface area contributed by atoms with Gasteiger partial charge in [0.25, 0.3) is 5.56 Å². The summed E-state index contributed by atoms with van der Waals surface area (Å²) in [5.41, 5.74) is 0.341. The van der Waals surface area contributed by atoms with E-state index in [0.29, 0.717) is 35.7 Å². The van der Waals surface area contributed by atoms with Crippen molar-refractivity contribution in [2.75, 3.05) is 0 Å². The molecule has 3 rings (SSSR count). The van der Waals surface area contributed by atoms with Gasteiger partial charge in [0.2, 0.25) is 5.91 Å². The van der Waals surface area contributed by atoms with Crippen LogP contribution in [0.25, 0.3) is 10.8 Å². The zero-order valence-corrected chi connectivity index (χ0v) is 13.4. The Kier molecular flexibility index (Phi) is 4.33. The second kappa shape index (κ2) is 6.43. The van der Waals surface area contributed by atoms with E-state index in [1.54, 1.807) is 31.3 Å². The fraction of sp³-hybridized carbons (Fsp3) is 0.412. The molecule has 24 heavy (non-hydrogen) atoms. The van der Waals surface area contributed by atoms with Gasteiger partial charge in [-0.05, 0) is 25.3 Å². The van der Waals surface area contributed by atoms with Gasteiger partial charge in [-0.15, -0.1) is 0 Å². The number of carbonyl (C=O) groups is 2. The van der Waals surface area contributed by atoms with Crippen molar-refractivity contribution in [2.24, 2.45) is 13.0 Å². The number of aliphatic carboxylic acids is 1. The summed E-state index contributed by atoms with van der Waals surface area (Å²) >= 11 is 0.